The first-order valence-electron chi connectivity index (χ1n) is 3.68. The van der Waals surface area contributed by atoms with E-state index in [4.69, 9.17) is 21.6 Å². The van der Waals surface area contributed by atoms with E-state index < -0.39 is 7.12 Å². The molecule has 0 saturated carbocycles. The van der Waals surface area contributed by atoms with Crippen LogP contribution in [0.1, 0.15) is 0 Å². The Kier molecular flexibility index (Phi) is 1.99. The lowest BCUT2D eigenvalue weighted by Gasteiger charge is -1.90. The molecule has 2 aromatic heterocycles. The van der Waals surface area contributed by atoms with Gasteiger partial charge >= 0.3 is 7.12 Å². The fraction of sp³-hybridized carbons (Fsp3) is 0. The van der Waals surface area contributed by atoms with Crippen molar-refractivity contribution >= 4 is 35.3 Å². The summed E-state index contributed by atoms with van der Waals surface area (Å²) in [5, 5.41) is 18.9. The predicted octanol–water partition coefficient (Wildman–Crippen LogP) is -0.104. The van der Waals surface area contributed by atoms with Gasteiger partial charge in [0.25, 0.3) is 0 Å². The molecule has 0 atom stereocenters. The summed E-state index contributed by atoms with van der Waals surface area (Å²) in [4.78, 5) is 6.71. The first kappa shape index (κ1) is 8.56. The van der Waals surface area contributed by atoms with E-state index in [1.807, 2.05) is 0 Å². The van der Waals surface area contributed by atoms with Gasteiger partial charge in [-0.3, -0.25) is 0 Å². The van der Waals surface area contributed by atoms with Crippen molar-refractivity contribution in [2.45, 2.75) is 0 Å². The summed E-state index contributed by atoms with van der Waals surface area (Å²) in [6.45, 7) is 0. The third-order valence-corrected chi connectivity index (χ3v) is 1.95. The standard InChI is InChI=1S/C7H6BClN2O2/c9-6-2-1-4-3-5(8(12)13)10-7(4)11-6/h1-3,12-13H,(H,10,11). The van der Waals surface area contributed by atoms with Crippen molar-refractivity contribution in [3.8, 4) is 0 Å². The van der Waals surface area contributed by atoms with E-state index in [2.05, 4.69) is 9.97 Å². The summed E-state index contributed by atoms with van der Waals surface area (Å²) < 4.78 is 0. The molecule has 66 valence electrons. The van der Waals surface area contributed by atoms with Crippen molar-refractivity contribution in [2.75, 3.05) is 0 Å². The highest BCUT2D eigenvalue weighted by Gasteiger charge is 2.14. The van der Waals surface area contributed by atoms with Crippen molar-refractivity contribution in [2.24, 2.45) is 0 Å². The van der Waals surface area contributed by atoms with Gasteiger partial charge in [-0.1, -0.05) is 11.6 Å². The average molecular weight is 196 g/mol. The lowest BCUT2D eigenvalue weighted by molar-refractivity contribution is 0.424. The lowest BCUT2D eigenvalue weighted by Crippen LogP contribution is -2.30. The van der Waals surface area contributed by atoms with E-state index in [1.54, 1.807) is 18.2 Å². The SMILES string of the molecule is OB(O)c1cc2ccc(Cl)nc2[nH]1. The summed E-state index contributed by atoms with van der Waals surface area (Å²) in [5.41, 5.74) is 0.861. The third-order valence-electron chi connectivity index (χ3n) is 1.74. The second kappa shape index (κ2) is 3.03. The first-order valence-corrected chi connectivity index (χ1v) is 4.06. The Morgan fingerprint density at radius 3 is 2.85 bits per heavy atom. The highest BCUT2D eigenvalue weighted by Crippen LogP contribution is 2.12. The number of aromatic amines is 1. The quantitative estimate of drug-likeness (QED) is 0.440. The number of halogens is 1. The van der Waals surface area contributed by atoms with E-state index in [9.17, 15) is 0 Å². The Bertz CT molecular complexity index is 443. The Hall–Kier alpha value is -1.04. The molecule has 2 aromatic rings. The number of nitrogens with one attached hydrogen (secondary N) is 1. The van der Waals surface area contributed by atoms with Gasteiger partial charge in [0.15, 0.2) is 0 Å². The molecule has 3 N–H and O–H groups in total. The molecule has 0 aliphatic carbocycles. The van der Waals surface area contributed by atoms with Crippen LogP contribution in [0.25, 0.3) is 11.0 Å². The summed E-state index contributed by atoms with van der Waals surface area (Å²) >= 11 is 5.65. The highest BCUT2D eigenvalue weighted by molar-refractivity contribution is 6.58. The molecular formula is C7H6BClN2O2. The molecule has 0 bridgehead atoms. The summed E-state index contributed by atoms with van der Waals surface area (Å²) in [5.74, 6) is 0. The lowest BCUT2D eigenvalue weighted by atomic mass is 9.87. The number of H-pyrrole nitrogens is 1. The monoisotopic (exact) mass is 196 g/mol. The molecule has 0 unspecified atom stereocenters. The van der Waals surface area contributed by atoms with Crippen LogP contribution < -0.4 is 5.59 Å². The van der Waals surface area contributed by atoms with Gasteiger partial charge in [-0.2, -0.15) is 0 Å². The van der Waals surface area contributed by atoms with Crippen molar-refractivity contribution in [1.29, 1.82) is 0 Å². The normalized spacial score (nSPS) is 10.7. The minimum atomic E-state index is -1.51. The van der Waals surface area contributed by atoms with Gasteiger partial charge < -0.3 is 15.0 Å². The highest BCUT2D eigenvalue weighted by atomic mass is 35.5. The number of rotatable bonds is 1. The Morgan fingerprint density at radius 2 is 2.15 bits per heavy atom. The van der Waals surface area contributed by atoms with Gasteiger partial charge in [-0.25, -0.2) is 4.98 Å². The summed E-state index contributed by atoms with van der Waals surface area (Å²) in [6.07, 6.45) is 0. The molecule has 13 heavy (non-hydrogen) atoms. The van der Waals surface area contributed by atoms with Crippen LogP contribution in [0.5, 0.6) is 0 Å². The van der Waals surface area contributed by atoms with Crippen LogP contribution in [-0.2, 0) is 0 Å². The third kappa shape index (κ3) is 1.53. The van der Waals surface area contributed by atoms with Crippen LogP contribution in [0.3, 0.4) is 0 Å². The van der Waals surface area contributed by atoms with Crippen LogP contribution in [0.4, 0.5) is 0 Å². The number of hydrogen-bond acceptors (Lipinski definition) is 3. The van der Waals surface area contributed by atoms with E-state index in [-0.39, 0.29) is 0 Å². The van der Waals surface area contributed by atoms with E-state index in [0.29, 0.717) is 16.4 Å². The van der Waals surface area contributed by atoms with Crippen molar-refractivity contribution in [1.82, 2.24) is 9.97 Å². The second-order valence-electron chi connectivity index (χ2n) is 2.67. The van der Waals surface area contributed by atoms with Crippen molar-refractivity contribution in [3.05, 3.63) is 23.4 Å². The number of aromatic nitrogens is 2. The molecule has 0 aromatic carbocycles. The van der Waals surface area contributed by atoms with Gasteiger partial charge in [-0.15, -0.1) is 0 Å². The molecule has 0 aliphatic heterocycles. The van der Waals surface area contributed by atoms with Crippen molar-refractivity contribution < 1.29 is 10.0 Å². The van der Waals surface area contributed by atoms with Crippen LogP contribution in [-0.4, -0.2) is 27.1 Å². The molecule has 0 saturated heterocycles. The predicted molar refractivity (Wildman–Crippen MR) is 50.9 cm³/mol. The smallest absolute Gasteiger partial charge is 0.422 e. The summed E-state index contributed by atoms with van der Waals surface area (Å²) in [6, 6.07) is 5.02. The molecule has 0 spiro atoms. The zero-order chi connectivity index (χ0) is 9.42. The minimum absolute atomic E-state index is 0.310. The molecule has 2 rings (SSSR count). The van der Waals surface area contributed by atoms with Gasteiger partial charge in [-0.05, 0) is 18.2 Å². The largest absolute Gasteiger partial charge is 0.505 e. The van der Waals surface area contributed by atoms with Gasteiger partial charge in [0.1, 0.15) is 10.8 Å². The minimum Gasteiger partial charge on any atom is -0.422 e. The maximum Gasteiger partial charge on any atom is 0.505 e. The second-order valence-corrected chi connectivity index (χ2v) is 3.06. The molecule has 0 amide bonds. The fourth-order valence-electron chi connectivity index (χ4n) is 1.14. The molecule has 6 heteroatoms. The van der Waals surface area contributed by atoms with Gasteiger partial charge in [0.05, 0.1) is 0 Å². The number of nitrogens with zero attached hydrogens (tertiary/aromatic N) is 1. The Balaban J connectivity index is 2.62. The fourth-order valence-corrected chi connectivity index (χ4v) is 1.29. The molecule has 0 radical (unpaired) electrons. The van der Waals surface area contributed by atoms with E-state index in [0.717, 1.165) is 5.39 Å². The molecular weight excluding hydrogens is 190 g/mol. The Morgan fingerprint density at radius 1 is 1.38 bits per heavy atom. The molecule has 4 nitrogen and oxygen atoms in total. The topological polar surface area (TPSA) is 69.1 Å². The van der Waals surface area contributed by atoms with Crippen molar-refractivity contribution in [3.63, 3.8) is 0 Å². The number of pyridine rings is 1. The number of fused-ring (bicyclic) bond motifs is 1. The van der Waals surface area contributed by atoms with E-state index >= 15 is 0 Å². The van der Waals surface area contributed by atoms with Crippen LogP contribution in [0.2, 0.25) is 5.15 Å². The maximum absolute atomic E-state index is 8.86. The molecule has 2 heterocycles. The molecule has 0 fully saturated rings. The first-order chi connectivity index (χ1) is 6.16. The van der Waals surface area contributed by atoms with E-state index in [1.165, 1.54) is 0 Å². The Labute approximate surface area is 79.3 Å². The zero-order valence-corrected chi connectivity index (χ0v) is 7.28. The van der Waals surface area contributed by atoms with Crippen LogP contribution in [0.15, 0.2) is 18.2 Å². The maximum atomic E-state index is 8.86. The van der Waals surface area contributed by atoms with Gasteiger partial charge in [0.2, 0.25) is 0 Å². The van der Waals surface area contributed by atoms with Crippen LogP contribution in [0, 0.1) is 0 Å². The van der Waals surface area contributed by atoms with Gasteiger partial charge in [0, 0.05) is 11.0 Å². The summed E-state index contributed by atoms with van der Waals surface area (Å²) in [7, 11) is -1.51. The zero-order valence-electron chi connectivity index (χ0n) is 6.53. The average Bonchev–Trinajstić information content (AvgIpc) is 2.46. The van der Waals surface area contributed by atoms with Crippen LogP contribution >= 0.6 is 11.6 Å². The molecule has 0 aliphatic rings. The number of hydrogen-bond donors (Lipinski definition) is 3.